The van der Waals surface area contributed by atoms with E-state index in [2.05, 4.69) is 18.5 Å². The summed E-state index contributed by atoms with van der Waals surface area (Å²) in [6.07, 6.45) is 2.13. The molecule has 0 aliphatic carbocycles. The molecule has 1 heterocycles. The number of halogens is 1. The van der Waals surface area contributed by atoms with Gasteiger partial charge < -0.3 is 5.32 Å². The molecule has 1 nitrogen and oxygen atoms in total. The van der Waals surface area contributed by atoms with Gasteiger partial charge in [-0.25, -0.2) is 4.39 Å². The van der Waals surface area contributed by atoms with Crippen LogP contribution in [0.4, 0.5) is 4.39 Å². The van der Waals surface area contributed by atoms with Crippen LogP contribution in [0.5, 0.6) is 0 Å². The van der Waals surface area contributed by atoms with Gasteiger partial charge in [0.1, 0.15) is 5.82 Å². The van der Waals surface area contributed by atoms with Gasteiger partial charge in [0.2, 0.25) is 0 Å². The number of benzene rings is 1. The molecule has 1 N–H and O–H groups in total. The average Bonchev–Trinajstić information content (AvgIpc) is 2.95. The van der Waals surface area contributed by atoms with Crippen molar-refractivity contribution in [3.05, 3.63) is 47.1 Å². The highest BCUT2D eigenvalue weighted by atomic mass is 32.2. The van der Waals surface area contributed by atoms with Crippen LogP contribution in [-0.2, 0) is 6.54 Å². The molecule has 0 fully saturated rings. The third-order valence-corrected chi connectivity index (χ3v) is 4.90. The van der Waals surface area contributed by atoms with Crippen LogP contribution in [0.3, 0.4) is 0 Å². The second-order valence-corrected chi connectivity index (χ2v) is 6.84. The normalized spacial score (nSPS) is 12.6. The lowest BCUT2D eigenvalue weighted by Gasteiger charge is -2.12. The summed E-state index contributed by atoms with van der Waals surface area (Å²) in [7, 11) is 0. The van der Waals surface area contributed by atoms with E-state index in [-0.39, 0.29) is 5.82 Å². The quantitative estimate of drug-likeness (QED) is 0.799. The molecule has 4 heteroatoms. The summed E-state index contributed by atoms with van der Waals surface area (Å²) in [5, 5.41) is 5.42. The van der Waals surface area contributed by atoms with Gasteiger partial charge in [-0.15, -0.1) is 11.3 Å². The molecule has 1 aromatic heterocycles. The lowest BCUT2D eigenvalue weighted by molar-refractivity contribution is 0.558. The molecule has 0 bridgehead atoms. The maximum atomic E-state index is 13.9. The molecule has 0 aliphatic rings. The van der Waals surface area contributed by atoms with E-state index in [9.17, 15) is 4.39 Å². The summed E-state index contributed by atoms with van der Waals surface area (Å²) in [4.78, 5) is 0.986. The van der Waals surface area contributed by atoms with Gasteiger partial charge in [0.05, 0.1) is 0 Å². The average molecular weight is 309 g/mol. The van der Waals surface area contributed by atoms with E-state index in [1.54, 1.807) is 17.4 Å². The number of rotatable bonds is 7. The third-order valence-electron chi connectivity index (χ3n) is 3.09. The summed E-state index contributed by atoms with van der Waals surface area (Å²) in [6, 6.07) is 9.29. The zero-order valence-electron chi connectivity index (χ0n) is 11.9. The minimum absolute atomic E-state index is 0.146. The van der Waals surface area contributed by atoms with Crippen LogP contribution in [0.2, 0.25) is 0 Å². The predicted octanol–water partition coefficient (Wildman–Crippen LogP) is 4.64. The number of nitrogens with one attached hydrogen (secondary N) is 1. The van der Waals surface area contributed by atoms with Gasteiger partial charge in [-0.2, -0.15) is 11.8 Å². The van der Waals surface area contributed by atoms with E-state index in [0.717, 1.165) is 29.3 Å². The second-order valence-electron chi connectivity index (χ2n) is 4.98. The molecule has 1 aromatic carbocycles. The van der Waals surface area contributed by atoms with E-state index in [4.69, 9.17) is 0 Å². The molecular weight excluding hydrogens is 289 g/mol. The maximum Gasteiger partial charge on any atom is 0.131 e. The van der Waals surface area contributed by atoms with Crippen molar-refractivity contribution in [3.63, 3.8) is 0 Å². The summed E-state index contributed by atoms with van der Waals surface area (Å²) in [5.74, 6) is 1.67. The van der Waals surface area contributed by atoms with Crippen LogP contribution in [0.15, 0.2) is 35.7 Å². The number of thiophene rings is 1. The largest absolute Gasteiger partial charge is 0.312 e. The van der Waals surface area contributed by atoms with Crippen molar-refractivity contribution in [1.29, 1.82) is 0 Å². The molecule has 0 spiro atoms. The molecule has 20 heavy (non-hydrogen) atoms. The van der Waals surface area contributed by atoms with Crippen molar-refractivity contribution in [3.8, 4) is 10.4 Å². The number of hydrogen-bond acceptors (Lipinski definition) is 3. The van der Waals surface area contributed by atoms with Gasteiger partial charge in [-0.05, 0) is 53.6 Å². The first kappa shape index (κ1) is 15.5. The Balaban J connectivity index is 1.98. The fraction of sp³-hybridized carbons (Fsp3) is 0.375. The first-order chi connectivity index (χ1) is 9.70. The first-order valence-corrected chi connectivity index (χ1v) is 9.00. The van der Waals surface area contributed by atoms with Crippen molar-refractivity contribution in [1.82, 2.24) is 5.32 Å². The minimum Gasteiger partial charge on any atom is -0.312 e. The second kappa shape index (κ2) is 7.81. The molecule has 0 radical (unpaired) electrons. The van der Waals surface area contributed by atoms with Crippen LogP contribution in [-0.4, -0.2) is 18.6 Å². The fourth-order valence-corrected chi connectivity index (χ4v) is 3.54. The van der Waals surface area contributed by atoms with E-state index >= 15 is 0 Å². The zero-order valence-corrected chi connectivity index (χ0v) is 13.5. The van der Waals surface area contributed by atoms with E-state index in [1.807, 2.05) is 41.4 Å². The van der Waals surface area contributed by atoms with Crippen molar-refractivity contribution in [2.24, 2.45) is 5.92 Å². The Morgan fingerprint density at radius 1 is 1.35 bits per heavy atom. The molecule has 0 amide bonds. The van der Waals surface area contributed by atoms with Crippen molar-refractivity contribution in [2.45, 2.75) is 13.5 Å². The Morgan fingerprint density at radius 2 is 2.20 bits per heavy atom. The molecule has 2 rings (SSSR count). The molecule has 108 valence electrons. The smallest absolute Gasteiger partial charge is 0.131 e. The summed E-state index contributed by atoms with van der Waals surface area (Å²) in [6.45, 7) is 4.02. The SMILES string of the molecule is CSCC(C)CNCc1ccc(F)c(-c2cccs2)c1. The van der Waals surface area contributed by atoms with Crippen LogP contribution >= 0.6 is 23.1 Å². The van der Waals surface area contributed by atoms with Crippen molar-refractivity contribution < 1.29 is 4.39 Å². The van der Waals surface area contributed by atoms with Gasteiger partial charge in [0.25, 0.3) is 0 Å². The number of thioether (sulfide) groups is 1. The Kier molecular flexibility index (Phi) is 6.07. The Hall–Kier alpha value is -0.840. The van der Waals surface area contributed by atoms with E-state index < -0.39 is 0 Å². The van der Waals surface area contributed by atoms with Crippen LogP contribution in [0, 0.1) is 11.7 Å². The Bertz CT molecular complexity index is 525. The first-order valence-electron chi connectivity index (χ1n) is 6.72. The van der Waals surface area contributed by atoms with Crippen molar-refractivity contribution in [2.75, 3.05) is 18.6 Å². The van der Waals surface area contributed by atoms with Gasteiger partial charge in [0.15, 0.2) is 0 Å². The monoisotopic (exact) mass is 309 g/mol. The predicted molar refractivity (Wildman–Crippen MR) is 89.0 cm³/mol. The Labute approximate surface area is 128 Å². The molecule has 0 saturated carbocycles. The zero-order chi connectivity index (χ0) is 14.4. The standard InChI is InChI=1S/C16H20FNS2/c1-12(11-19-2)9-18-10-13-5-6-15(17)14(8-13)16-4-3-7-20-16/h3-8,12,18H,9-11H2,1-2H3. The minimum atomic E-state index is -0.146. The highest BCUT2D eigenvalue weighted by Gasteiger charge is 2.07. The van der Waals surface area contributed by atoms with Gasteiger partial charge in [-0.3, -0.25) is 0 Å². The molecule has 2 aromatic rings. The summed E-state index contributed by atoms with van der Waals surface area (Å²) in [5.41, 5.74) is 1.84. The topological polar surface area (TPSA) is 12.0 Å². The summed E-state index contributed by atoms with van der Waals surface area (Å²) >= 11 is 3.44. The van der Waals surface area contributed by atoms with Crippen molar-refractivity contribution >= 4 is 23.1 Å². The van der Waals surface area contributed by atoms with E-state index in [0.29, 0.717) is 11.5 Å². The Morgan fingerprint density at radius 3 is 2.90 bits per heavy atom. The molecular formula is C16H20FNS2. The summed E-state index contributed by atoms with van der Waals surface area (Å²) < 4.78 is 13.9. The molecule has 0 saturated heterocycles. The van der Waals surface area contributed by atoms with Gasteiger partial charge in [0, 0.05) is 17.0 Å². The molecule has 0 aliphatic heterocycles. The highest BCUT2D eigenvalue weighted by Crippen LogP contribution is 2.28. The fourth-order valence-electron chi connectivity index (χ4n) is 2.11. The van der Waals surface area contributed by atoms with Crippen LogP contribution in [0.1, 0.15) is 12.5 Å². The number of hydrogen-bond donors (Lipinski definition) is 1. The van der Waals surface area contributed by atoms with Crippen LogP contribution in [0.25, 0.3) is 10.4 Å². The van der Waals surface area contributed by atoms with Gasteiger partial charge in [-0.1, -0.05) is 19.1 Å². The lowest BCUT2D eigenvalue weighted by Crippen LogP contribution is -2.22. The highest BCUT2D eigenvalue weighted by molar-refractivity contribution is 7.98. The molecule has 1 unspecified atom stereocenters. The lowest BCUT2D eigenvalue weighted by atomic mass is 10.1. The molecule has 1 atom stereocenters. The maximum absolute atomic E-state index is 13.9. The third kappa shape index (κ3) is 4.33. The van der Waals surface area contributed by atoms with Gasteiger partial charge >= 0.3 is 0 Å². The van der Waals surface area contributed by atoms with E-state index in [1.165, 1.54) is 0 Å². The van der Waals surface area contributed by atoms with Crippen LogP contribution < -0.4 is 5.32 Å².